The lowest BCUT2D eigenvalue weighted by Gasteiger charge is -2.27. The number of ether oxygens (including phenoxy) is 3. The van der Waals surface area contributed by atoms with Crippen LogP contribution in [-0.4, -0.2) is 57.4 Å². The SMILES string of the molecule is COc1cc(-c2cc(CN3CCNCC3)ccn2)cc(OC)c1OC. The molecule has 0 unspecified atom stereocenters. The number of piperazine rings is 1. The maximum atomic E-state index is 5.44. The van der Waals surface area contributed by atoms with Gasteiger partial charge < -0.3 is 19.5 Å². The molecule has 0 saturated carbocycles. The average molecular weight is 343 g/mol. The van der Waals surface area contributed by atoms with Gasteiger partial charge in [0.1, 0.15) is 0 Å². The number of nitrogens with one attached hydrogen (secondary N) is 1. The van der Waals surface area contributed by atoms with E-state index in [0.717, 1.165) is 44.0 Å². The third-order valence-electron chi connectivity index (χ3n) is 4.40. The zero-order valence-electron chi connectivity index (χ0n) is 15.0. The van der Waals surface area contributed by atoms with Gasteiger partial charge in [-0.1, -0.05) is 0 Å². The van der Waals surface area contributed by atoms with E-state index in [1.165, 1.54) is 5.56 Å². The van der Waals surface area contributed by atoms with Crippen LogP contribution in [0.15, 0.2) is 30.5 Å². The van der Waals surface area contributed by atoms with E-state index in [9.17, 15) is 0 Å². The Labute approximate surface area is 148 Å². The Morgan fingerprint density at radius 2 is 1.68 bits per heavy atom. The van der Waals surface area contributed by atoms with E-state index in [-0.39, 0.29) is 0 Å². The summed E-state index contributed by atoms with van der Waals surface area (Å²) in [6, 6.07) is 8.06. The number of aromatic nitrogens is 1. The number of hydrogen-bond donors (Lipinski definition) is 1. The molecule has 25 heavy (non-hydrogen) atoms. The van der Waals surface area contributed by atoms with E-state index >= 15 is 0 Å². The highest BCUT2D eigenvalue weighted by molar-refractivity contribution is 5.69. The van der Waals surface area contributed by atoms with Crippen LogP contribution >= 0.6 is 0 Å². The first-order valence-corrected chi connectivity index (χ1v) is 8.43. The van der Waals surface area contributed by atoms with Gasteiger partial charge in [-0.15, -0.1) is 0 Å². The molecule has 0 radical (unpaired) electrons. The van der Waals surface area contributed by atoms with Crippen LogP contribution in [0, 0.1) is 0 Å². The molecule has 3 rings (SSSR count). The molecule has 0 aliphatic carbocycles. The van der Waals surface area contributed by atoms with Crippen LogP contribution in [0.3, 0.4) is 0 Å². The van der Waals surface area contributed by atoms with Crippen LogP contribution < -0.4 is 19.5 Å². The number of hydrogen-bond acceptors (Lipinski definition) is 6. The fraction of sp³-hybridized carbons (Fsp3) is 0.421. The highest BCUT2D eigenvalue weighted by Gasteiger charge is 2.15. The second-order valence-electron chi connectivity index (χ2n) is 5.99. The summed E-state index contributed by atoms with van der Waals surface area (Å²) in [5.41, 5.74) is 3.09. The minimum atomic E-state index is 0.589. The van der Waals surface area contributed by atoms with Crippen molar-refractivity contribution in [2.75, 3.05) is 47.5 Å². The van der Waals surface area contributed by atoms with Crippen molar-refractivity contribution in [1.82, 2.24) is 15.2 Å². The van der Waals surface area contributed by atoms with Gasteiger partial charge in [0.2, 0.25) is 5.75 Å². The fourth-order valence-corrected chi connectivity index (χ4v) is 3.09. The van der Waals surface area contributed by atoms with E-state index in [1.54, 1.807) is 21.3 Å². The van der Waals surface area contributed by atoms with Crippen molar-refractivity contribution >= 4 is 0 Å². The topological polar surface area (TPSA) is 55.9 Å². The van der Waals surface area contributed by atoms with Gasteiger partial charge in [0, 0.05) is 44.5 Å². The number of methoxy groups -OCH3 is 3. The maximum absolute atomic E-state index is 5.44. The molecule has 0 spiro atoms. The Morgan fingerprint density at radius 1 is 1.00 bits per heavy atom. The molecule has 6 nitrogen and oxygen atoms in total. The summed E-state index contributed by atoms with van der Waals surface area (Å²) in [5, 5.41) is 3.38. The van der Waals surface area contributed by atoms with E-state index < -0.39 is 0 Å². The van der Waals surface area contributed by atoms with E-state index in [4.69, 9.17) is 14.2 Å². The molecule has 1 fully saturated rings. The Hall–Kier alpha value is -2.31. The summed E-state index contributed by atoms with van der Waals surface area (Å²) in [6.45, 7) is 5.17. The van der Waals surface area contributed by atoms with Crippen LogP contribution in [0.4, 0.5) is 0 Å². The number of nitrogens with zero attached hydrogens (tertiary/aromatic N) is 2. The molecule has 1 saturated heterocycles. The Morgan fingerprint density at radius 3 is 2.28 bits per heavy atom. The highest BCUT2D eigenvalue weighted by Crippen LogP contribution is 2.40. The third-order valence-corrected chi connectivity index (χ3v) is 4.40. The fourth-order valence-electron chi connectivity index (χ4n) is 3.09. The molecule has 1 aliphatic heterocycles. The largest absolute Gasteiger partial charge is 0.493 e. The third kappa shape index (κ3) is 4.03. The normalized spacial score (nSPS) is 15.0. The van der Waals surface area contributed by atoms with Gasteiger partial charge in [0.05, 0.1) is 27.0 Å². The molecule has 0 atom stereocenters. The second-order valence-corrected chi connectivity index (χ2v) is 5.99. The predicted octanol–water partition coefficient (Wildman–Crippen LogP) is 2.18. The van der Waals surface area contributed by atoms with Crippen molar-refractivity contribution in [1.29, 1.82) is 0 Å². The smallest absolute Gasteiger partial charge is 0.203 e. The van der Waals surface area contributed by atoms with Crippen molar-refractivity contribution in [3.8, 4) is 28.5 Å². The van der Waals surface area contributed by atoms with E-state index in [1.807, 2.05) is 18.3 Å². The molecule has 1 aliphatic rings. The lowest BCUT2D eigenvalue weighted by atomic mass is 10.1. The van der Waals surface area contributed by atoms with Crippen molar-refractivity contribution in [3.05, 3.63) is 36.0 Å². The zero-order valence-corrected chi connectivity index (χ0v) is 15.0. The van der Waals surface area contributed by atoms with Crippen LogP contribution in [0.25, 0.3) is 11.3 Å². The summed E-state index contributed by atoms with van der Waals surface area (Å²) >= 11 is 0. The lowest BCUT2D eigenvalue weighted by molar-refractivity contribution is 0.233. The molecule has 0 amide bonds. The van der Waals surface area contributed by atoms with Crippen LogP contribution in [0.2, 0.25) is 0 Å². The first-order valence-electron chi connectivity index (χ1n) is 8.43. The van der Waals surface area contributed by atoms with Gasteiger partial charge in [0.15, 0.2) is 11.5 Å². The Balaban J connectivity index is 1.89. The van der Waals surface area contributed by atoms with E-state index in [2.05, 4.69) is 27.3 Å². The minimum absolute atomic E-state index is 0.589. The zero-order chi connectivity index (χ0) is 17.6. The Kier molecular flexibility index (Phi) is 5.73. The lowest BCUT2D eigenvalue weighted by Crippen LogP contribution is -2.42. The molecule has 2 aromatic rings. The quantitative estimate of drug-likeness (QED) is 0.868. The molecule has 1 N–H and O–H groups in total. The summed E-state index contributed by atoms with van der Waals surface area (Å²) in [6.07, 6.45) is 1.86. The van der Waals surface area contributed by atoms with E-state index in [0.29, 0.717) is 17.2 Å². The minimum Gasteiger partial charge on any atom is -0.493 e. The highest BCUT2D eigenvalue weighted by atomic mass is 16.5. The van der Waals surface area contributed by atoms with Crippen molar-refractivity contribution in [2.24, 2.45) is 0 Å². The van der Waals surface area contributed by atoms with Crippen molar-refractivity contribution < 1.29 is 14.2 Å². The summed E-state index contributed by atoms with van der Waals surface area (Å²) in [7, 11) is 4.84. The maximum Gasteiger partial charge on any atom is 0.203 e. The summed E-state index contributed by atoms with van der Waals surface area (Å²) in [4.78, 5) is 6.98. The Bertz CT molecular complexity index is 690. The monoisotopic (exact) mass is 343 g/mol. The van der Waals surface area contributed by atoms with Crippen LogP contribution in [-0.2, 0) is 6.54 Å². The molecular weight excluding hydrogens is 318 g/mol. The number of pyridine rings is 1. The standard InChI is InChI=1S/C19H25N3O3/c1-23-17-11-15(12-18(24-2)19(17)25-3)16-10-14(4-5-21-16)13-22-8-6-20-7-9-22/h4-5,10-12,20H,6-9,13H2,1-3H3. The first kappa shape index (κ1) is 17.5. The predicted molar refractivity (Wildman–Crippen MR) is 97.5 cm³/mol. The molecular formula is C19H25N3O3. The van der Waals surface area contributed by atoms with Crippen LogP contribution in [0.1, 0.15) is 5.56 Å². The summed E-state index contributed by atoms with van der Waals surface area (Å²) in [5.74, 6) is 1.85. The van der Waals surface area contributed by atoms with Crippen molar-refractivity contribution in [3.63, 3.8) is 0 Å². The molecule has 2 heterocycles. The second kappa shape index (κ2) is 8.18. The van der Waals surface area contributed by atoms with Gasteiger partial charge >= 0.3 is 0 Å². The number of benzene rings is 1. The molecule has 6 heteroatoms. The first-order chi connectivity index (χ1) is 12.2. The average Bonchev–Trinajstić information content (AvgIpc) is 2.67. The molecule has 134 valence electrons. The van der Waals surface area contributed by atoms with Gasteiger partial charge in [-0.25, -0.2) is 0 Å². The van der Waals surface area contributed by atoms with Gasteiger partial charge in [-0.3, -0.25) is 9.88 Å². The van der Waals surface area contributed by atoms with Gasteiger partial charge in [-0.2, -0.15) is 0 Å². The van der Waals surface area contributed by atoms with Crippen molar-refractivity contribution in [2.45, 2.75) is 6.54 Å². The molecule has 1 aromatic carbocycles. The number of rotatable bonds is 6. The van der Waals surface area contributed by atoms with Gasteiger partial charge in [-0.05, 0) is 29.8 Å². The summed E-state index contributed by atoms with van der Waals surface area (Å²) < 4.78 is 16.3. The van der Waals surface area contributed by atoms with Crippen LogP contribution in [0.5, 0.6) is 17.2 Å². The van der Waals surface area contributed by atoms with Gasteiger partial charge in [0.25, 0.3) is 0 Å². The molecule has 0 bridgehead atoms. The molecule has 1 aromatic heterocycles.